The lowest BCUT2D eigenvalue weighted by Gasteiger charge is -2.23. The largest absolute Gasteiger partial charge is 0.293 e. The highest BCUT2D eigenvalue weighted by Gasteiger charge is 2.15. The van der Waals surface area contributed by atoms with Crippen LogP contribution in [0.25, 0.3) is 4.96 Å². The SMILES string of the molecule is Cc1ccc([C@H](C)N(C)Cc2cc(=O)n3ccsc3n2)s1. The minimum atomic E-state index is -0.00993. The summed E-state index contributed by atoms with van der Waals surface area (Å²) >= 11 is 3.30. The number of aryl methyl sites for hydroxylation is 1. The van der Waals surface area contributed by atoms with Gasteiger partial charge in [-0.2, -0.15) is 0 Å². The van der Waals surface area contributed by atoms with Gasteiger partial charge in [0.25, 0.3) is 5.56 Å². The Balaban J connectivity index is 1.82. The molecule has 6 heteroatoms. The first kappa shape index (κ1) is 14.4. The molecule has 3 heterocycles. The van der Waals surface area contributed by atoms with Gasteiger partial charge in [-0.05, 0) is 33.0 Å². The van der Waals surface area contributed by atoms with E-state index in [2.05, 4.69) is 42.9 Å². The highest BCUT2D eigenvalue weighted by molar-refractivity contribution is 7.15. The van der Waals surface area contributed by atoms with E-state index in [9.17, 15) is 4.79 Å². The molecule has 3 rings (SSSR count). The maximum atomic E-state index is 12.0. The molecular weight excluding hydrogens is 302 g/mol. The van der Waals surface area contributed by atoms with Crippen molar-refractivity contribution >= 4 is 27.6 Å². The van der Waals surface area contributed by atoms with Gasteiger partial charge in [0.1, 0.15) is 0 Å². The van der Waals surface area contributed by atoms with Crippen molar-refractivity contribution in [1.82, 2.24) is 14.3 Å². The van der Waals surface area contributed by atoms with E-state index in [4.69, 9.17) is 0 Å². The van der Waals surface area contributed by atoms with Gasteiger partial charge < -0.3 is 0 Å². The van der Waals surface area contributed by atoms with Crippen molar-refractivity contribution in [2.75, 3.05) is 7.05 Å². The van der Waals surface area contributed by atoms with E-state index in [0.717, 1.165) is 10.7 Å². The molecular formula is C15H17N3OS2. The molecule has 0 aliphatic rings. The molecule has 0 fully saturated rings. The van der Waals surface area contributed by atoms with E-state index >= 15 is 0 Å². The van der Waals surface area contributed by atoms with Crippen LogP contribution in [0, 0.1) is 6.92 Å². The molecule has 21 heavy (non-hydrogen) atoms. The van der Waals surface area contributed by atoms with Gasteiger partial charge in [-0.25, -0.2) is 4.98 Å². The number of fused-ring (bicyclic) bond motifs is 1. The van der Waals surface area contributed by atoms with Crippen LogP contribution < -0.4 is 5.56 Å². The van der Waals surface area contributed by atoms with Crippen molar-refractivity contribution in [2.45, 2.75) is 26.4 Å². The highest BCUT2D eigenvalue weighted by Crippen LogP contribution is 2.27. The molecule has 1 atom stereocenters. The van der Waals surface area contributed by atoms with Crippen molar-refractivity contribution in [3.05, 3.63) is 55.6 Å². The molecule has 0 saturated carbocycles. The zero-order chi connectivity index (χ0) is 15.0. The Morgan fingerprint density at radius 2 is 2.24 bits per heavy atom. The summed E-state index contributed by atoms with van der Waals surface area (Å²) < 4.78 is 1.58. The summed E-state index contributed by atoms with van der Waals surface area (Å²) in [6.07, 6.45) is 1.76. The molecule has 0 aromatic carbocycles. The third-order valence-electron chi connectivity index (χ3n) is 3.60. The van der Waals surface area contributed by atoms with Crippen LogP contribution >= 0.6 is 22.7 Å². The lowest BCUT2D eigenvalue weighted by atomic mass is 10.2. The number of thiazole rings is 1. The molecule has 0 N–H and O–H groups in total. The van der Waals surface area contributed by atoms with E-state index < -0.39 is 0 Å². The molecule has 0 amide bonds. The van der Waals surface area contributed by atoms with E-state index in [-0.39, 0.29) is 5.56 Å². The maximum absolute atomic E-state index is 12.0. The summed E-state index contributed by atoms with van der Waals surface area (Å²) in [6.45, 7) is 4.97. The van der Waals surface area contributed by atoms with Crippen LogP contribution in [0.2, 0.25) is 0 Å². The second-order valence-electron chi connectivity index (χ2n) is 5.18. The molecule has 0 aliphatic carbocycles. The van der Waals surface area contributed by atoms with Gasteiger partial charge in [0.05, 0.1) is 5.69 Å². The van der Waals surface area contributed by atoms with Crippen molar-refractivity contribution < 1.29 is 0 Å². The lowest BCUT2D eigenvalue weighted by molar-refractivity contribution is 0.253. The van der Waals surface area contributed by atoms with Gasteiger partial charge in [0.15, 0.2) is 4.96 Å². The minimum Gasteiger partial charge on any atom is -0.293 e. The molecule has 0 saturated heterocycles. The zero-order valence-corrected chi connectivity index (χ0v) is 13.9. The van der Waals surface area contributed by atoms with Gasteiger partial charge in [-0.3, -0.25) is 14.1 Å². The van der Waals surface area contributed by atoms with Crippen LogP contribution in [-0.4, -0.2) is 21.3 Å². The van der Waals surface area contributed by atoms with Crippen LogP contribution in [0.15, 0.2) is 34.6 Å². The van der Waals surface area contributed by atoms with Crippen LogP contribution in [0.4, 0.5) is 0 Å². The number of hydrogen-bond acceptors (Lipinski definition) is 5. The van der Waals surface area contributed by atoms with Crippen molar-refractivity contribution in [2.24, 2.45) is 0 Å². The van der Waals surface area contributed by atoms with Crippen LogP contribution in [0.1, 0.15) is 28.4 Å². The Kier molecular flexibility index (Phi) is 3.93. The first-order valence-electron chi connectivity index (χ1n) is 6.77. The zero-order valence-electron chi connectivity index (χ0n) is 12.2. The Labute approximate surface area is 131 Å². The van der Waals surface area contributed by atoms with Crippen LogP contribution in [-0.2, 0) is 6.54 Å². The Morgan fingerprint density at radius 1 is 1.43 bits per heavy atom. The third-order valence-corrected chi connectivity index (χ3v) is 5.53. The fourth-order valence-corrected chi connectivity index (χ4v) is 3.99. The summed E-state index contributed by atoms with van der Waals surface area (Å²) in [5.74, 6) is 0. The van der Waals surface area contributed by atoms with Crippen LogP contribution in [0.5, 0.6) is 0 Å². The third kappa shape index (κ3) is 2.92. The number of hydrogen-bond donors (Lipinski definition) is 0. The van der Waals surface area contributed by atoms with Gasteiger partial charge in [-0.1, -0.05) is 0 Å². The van der Waals surface area contributed by atoms with Gasteiger partial charge in [0.2, 0.25) is 0 Å². The summed E-state index contributed by atoms with van der Waals surface area (Å²) in [4.78, 5) is 22.2. The predicted octanol–water partition coefficient (Wildman–Crippen LogP) is 3.32. The van der Waals surface area contributed by atoms with Gasteiger partial charge >= 0.3 is 0 Å². The van der Waals surface area contributed by atoms with E-state index in [1.807, 2.05) is 16.7 Å². The smallest absolute Gasteiger partial charge is 0.258 e. The second-order valence-corrected chi connectivity index (χ2v) is 7.37. The van der Waals surface area contributed by atoms with Gasteiger partial charge in [-0.15, -0.1) is 22.7 Å². The Morgan fingerprint density at radius 3 is 2.95 bits per heavy atom. The predicted molar refractivity (Wildman–Crippen MR) is 88.3 cm³/mol. The minimum absolute atomic E-state index is 0.00993. The molecule has 0 bridgehead atoms. The molecule has 0 spiro atoms. The molecule has 0 unspecified atom stereocenters. The molecule has 110 valence electrons. The Hall–Kier alpha value is -1.50. The fraction of sp³-hybridized carbons (Fsp3) is 0.333. The first-order chi connectivity index (χ1) is 10.0. The second kappa shape index (κ2) is 5.71. The fourth-order valence-electron chi connectivity index (χ4n) is 2.26. The summed E-state index contributed by atoms with van der Waals surface area (Å²) in [6, 6.07) is 6.26. The summed E-state index contributed by atoms with van der Waals surface area (Å²) in [5, 5.41) is 1.88. The number of thiophene rings is 1. The molecule has 3 aromatic rings. The normalized spacial score (nSPS) is 13.1. The van der Waals surface area contributed by atoms with Gasteiger partial charge in [0, 0.05) is 40.0 Å². The van der Waals surface area contributed by atoms with Crippen molar-refractivity contribution in [3.63, 3.8) is 0 Å². The average molecular weight is 319 g/mol. The molecule has 4 nitrogen and oxygen atoms in total. The van der Waals surface area contributed by atoms with Crippen molar-refractivity contribution in [1.29, 1.82) is 0 Å². The van der Waals surface area contributed by atoms with E-state index in [1.54, 1.807) is 16.7 Å². The summed E-state index contributed by atoms with van der Waals surface area (Å²) in [7, 11) is 2.07. The quantitative estimate of drug-likeness (QED) is 0.740. The monoisotopic (exact) mass is 319 g/mol. The number of rotatable bonds is 4. The van der Waals surface area contributed by atoms with E-state index in [0.29, 0.717) is 12.6 Å². The topological polar surface area (TPSA) is 37.6 Å². The maximum Gasteiger partial charge on any atom is 0.258 e. The van der Waals surface area contributed by atoms with E-state index in [1.165, 1.54) is 21.1 Å². The average Bonchev–Trinajstić information content (AvgIpc) is 3.06. The molecule has 3 aromatic heterocycles. The van der Waals surface area contributed by atoms with Crippen molar-refractivity contribution in [3.8, 4) is 0 Å². The Bertz CT molecular complexity index is 818. The molecule has 0 radical (unpaired) electrons. The lowest BCUT2D eigenvalue weighted by Crippen LogP contribution is -2.23. The summed E-state index contributed by atoms with van der Waals surface area (Å²) in [5.41, 5.74) is 0.814. The first-order valence-corrected chi connectivity index (χ1v) is 8.46. The number of nitrogens with zero attached hydrogens (tertiary/aromatic N) is 3. The standard InChI is InChI=1S/C15H17N3OS2/c1-10-4-5-13(21-10)11(2)17(3)9-12-8-14(19)18-6-7-20-15(18)16-12/h4-8,11H,9H2,1-3H3/t11-/m0/s1. The number of aromatic nitrogens is 2. The van der Waals surface area contributed by atoms with Crippen LogP contribution in [0.3, 0.4) is 0 Å². The molecule has 0 aliphatic heterocycles. The highest BCUT2D eigenvalue weighted by atomic mass is 32.1.